The molecule has 0 aliphatic rings. The molecular weight excluding hydrogens is 164 g/mol. The number of nitrogens with zero attached hydrogens (tertiary/aromatic N) is 1. The molecular formula is C10H18N2O. The summed E-state index contributed by atoms with van der Waals surface area (Å²) >= 11 is 0. The molecule has 0 aliphatic carbocycles. The van der Waals surface area contributed by atoms with Crippen molar-refractivity contribution in [2.75, 3.05) is 0 Å². The molecule has 0 aromatic carbocycles. The average Bonchev–Trinajstić information content (AvgIpc) is 2.47. The third-order valence-corrected chi connectivity index (χ3v) is 1.97. The third kappa shape index (κ3) is 2.10. The maximum atomic E-state index is 5.57. The molecule has 0 amide bonds. The molecule has 0 radical (unpaired) electrons. The summed E-state index contributed by atoms with van der Waals surface area (Å²) in [6, 6.07) is 0. The van der Waals surface area contributed by atoms with Crippen molar-refractivity contribution in [2.24, 2.45) is 5.73 Å². The van der Waals surface area contributed by atoms with E-state index in [1.165, 1.54) is 0 Å². The fourth-order valence-corrected chi connectivity index (χ4v) is 1.23. The molecule has 0 bridgehead atoms. The second kappa shape index (κ2) is 3.92. The van der Waals surface area contributed by atoms with Crippen molar-refractivity contribution in [3.63, 3.8) is 0 Å². The second-order valence-corrected chi connectivity index (χ2v) is 3.87. The van der Waals surface area contributed by atoms with Gasteiger partial charge in [-0.3, -0.25) is 0 Å². The molecule has 1 aromatic heterocycles. The minimum absolute atomic E-state index is 0.331. The van der Waals surface area contributed by atoms with E-state index < -0.39 is 0 Å². The Kier molecular flexibility index (Phi) is 3.09. The van der Waals surface area contributed by atoms with Gasteiger partial charge < -0.3 is 10.2 Å². The van der Waals surface area contributed by atoms with Crippen LogP contribution in [0, 0.1) is 0 Å². The lowest BCUT2D eigenvalue weighted by molar-refractivity contribution is 0.436. The first-order valence-corrected chi connectivity index (χ1v) is 4.75. The van der Waals surface area contributed by atoms with Crippen molar-refractivity contribution in [1.29, 1.82) is 0 Å². The van der Waals surface area contributed by atoms with Crippen LogP contribution in [0.5, 0.6) is 0 Å². The fourth-order valence-electron chi connectivity index (χ4n) is 1.23. The Morgan fingerprint density at radius 3 is 2.15 bits per heavy atom. The van der Waals surface area contributed by atoms with E-state index in [4.69, 9.17) is 10.2 Å². The van der Waals surface area contributed by atoms with Crippen molar-refractivity contribution >= 4 is 0 Å². The monoisotopic (exact) mass is 182 g/mol. The van der Waals surface area contributed by atoms with Crippen molar-refractivity contribution in [3.05, 3.63) is 17.3 Å². The molecule has 2 N–H and O–H groups in total. The van der Waals surface area contributed by atoms with E-state index in [1.54, 1.807) is 0 Å². The van der Waals surface area contributed by atoms with Crippen LogP contribution in [0.2, 0.25) is 0 Å². The van der Waals surface area contributed by atoms with Crippen LogP contribution in [0.15, 0.2) is 4.42 Å². The SMILES string of the molecule is CC(C)c1nc(C(C)C)c(CN)o1. The standard InChI is InChI=1S/C10H18N2O/c1-6(2)9-8(5-11)13-10(12-9)7(3)4/h6-7H,5,11H2,1-4H3. The van der Waals surface area contributed by atoms with Gasteiger partial charge in [0.2, 0.25) is 0 Å². The van der Waals surface area contributed by atoms with E-state index in [0.29, 0.717) is 18.4 Å². The normalized spacial score (nSPS) is 11.6. The molecule has 13 heavy (non-hydrogen) atoms. The molecule has 1 aromatic rings. The Bertz CT molecular complexity index is 276. The molecule has 3 nitrogen and oxygen atoms in total. The van der Waals surface area contributed by atoms with Crippen LogP contribution >= 0.6 is 0 Å². The lowest BCUT2D eigenvalue weighted by Gasteiger charge is -1.99. The van der Waals surface area contributed by atoms with Gasteiger partial charge in [0.25, 0.3) is 0 Å². The first kappa shape index (κ1) is 10.3. The highest BCUT2D eigenvalue weighted by atomic mass is 16.4. The van der Waals surface area contributed by atoms with E-state index in [1.807, 2.05) is 0 Å². The maximum Gasteiger partial charge on any atom is 0.197 e. The number of oxazole rings is 1. The van der Waals surface area contributed by atoms with Crippen LogP contribution in [0.25, 0.3) is 0 Å². The van der Waals surface area contributed by atoms with Gasteiger partial charge in [-0.25, -0.2) is 4.98 Å². The molecule has 0 fully saturated rings. The first-order valence-electron chi connectivity index (χ1n) is 4.75. The molecule has 3 heteroatoms. The number of aromatic nitrogens is 1. The lowest BCUT2D eigenvalue weighted by Crippen LogP contribution is -2.00. The van der Waals surface area contributed by atoms with Crippen molar-refractivity contribution in [2.45, 2.75) is 46.1 Å². The smallest absolute Gasteiger partial charge is 0.197 e. The molecule has 0 unspecified atom stereocenters. The molecule has 1 heterocycles. The van der Waals surface area contributed by atoms with E-state index in [-0.39, 0.29) is 0 Å². The highest BCUT2D eigenvalue weighted by Gasteiger charge is 2.16. The zero-order valence-corrected chi connectivity index (χ0v) is 8.79. The number of nitrogens with two attached hydrogens (primary N) is 1. The van der Waals surface area contributed by atoms with Crippen molar-refractivity contribution in [3.8, 4) is 0 Å². The highest BCUT2D eigenvalue weighted by molar-refractivity contribution is 5.14. The summed E-state index contributed by atoms with van der Waals surface area (Å²) in [7, 11) is 0. The largest absolute Gasteiger partial charge is 0.444 e. The van der Waals surface area contributed by atoms with Crippen LogP contribution in [-0.2, 0) is 6.54 Å². The molecule has 0 saturated carbocycles. The number of hydrogen-bond donors (Lipinski definition) is 1. The maximum absolute atomic E-state index is 5.57. The number of hydrogen-bond acceptors (Lipinski definition) is 3. The van der Waals surface area contributed by atoms with Gasteiger partial charge in [-0.1, -0.05) is 27.7 Å². The van der Waals surface area contributed by atoms with Gasteiger partial charge in [-0.2, -0.15) is 0 Å². The summed E-state index contributed by atoms with van der Waals surface area (Å²) in [4.78, 5) is 4.43. The van der Waals surface area contributed by atoms with Gasteiger partial charge in [-0.05, 0) is 5.92 Å². The van der Waals surface area contributed by atoms with E-state index in [0.717, 1.165) is 17.3 Å². The number of rotatable bonds is 3. The van der Waals surface area contributed by atoms with Crippen LogP contribution in [-0.4, -0.2) is 4.98 Å². The van der Waals surface area contributed by atoms with Gasteiger partial charge in [0, 0.05) is 5.92 Å². The zero-order chi connectivity index (χ0) is 10.0. The summed E-state index contributed by atoms with van der Waals surface area (Å²) in [6.07, 6.45) is 0. The molecule has 0 spiro atoms. The highest BCUT2D eigenvalue weighted by Crippen LogP contribution is 2.23. The van der Waals surface area contributed by atoms with Crippen LogP contribution in [0.1, 0.15) is 56.9 Å². The van der Waals surface area contributed by atoms with Crippen LogP contribution in [0.4, 0.5) is 0 Å². The Morgan fingerprint density at radius 2 is 1.85 bits per heavy atom. The van der Waals surface area contributed by atoms with Gasteiger partial charge in [0.05, 0.1) is 12.2 Å². The van der Waals surface area contributed by atoms with Crippen molar-refractivity contribution in [1.82, 2.24) is 4.98 Å². The van der Waals surface area contributed by atoms with Crippen LogP contribution < -0.4 is 5.73 Å². The summed E-state index contributed by atoms with van der Waals surface area (Å²) < 4.78 is 5.55. The molecule has 0 saturated heterocycles. The Morgan fingerprint density at radius 1 is 1.23 bits per heavy atom. The molecule has 0 aliphatic heterocycles. The third-order valence-electron chi connectivity index (χ3n) is 1.97. The lowest BCUT2D eigenvalue weighted by atomic mass is 10.1. The minimum Gasteiger partial charge on any atom is -0.444 e. The quantitative estimate of drug-likeness (QED) is 0.780. The van der Waals surface area contributed by atoms with E-state index in [9.17, 15) is 0 Å². The Labute approximate surface area is 79.3 Å². The zero-order valence-electron chi connectivity index (χ0n) is 8.79. The van der Waals surface area contributed by atoms with Gasteiger partial charge in [0.1, 0.15) is 5.76 Å². The average molecular weight is 182 g/mol. The molecule has 0 atom stereocenters. The molecule has 1 rings (SSSR count). The minimum atomic E-state index is 0.331. The summed E-state index contributed by atoms with van der Waals surface area (Å²) in [6.45, 7) is 8.77. The van der Waals surface area contributed by atoms with Gasteiger partial charge in [0.15, 0.2) is 5.89 Å². The predicted molar refractivity (Wildman–Crippen MR) is 52.6 cm³/mol. The van der Waals surface area contributed by atoms with E-state index in [2.05, 4.69) is 32.7 Å². The summed E-state index contributed by atoms with van der Waals surface area (Å²) in [5.74, 6) is 2.34. The topological polar surface area (TPSA) is 52.0 Å². The predicted octanol–water partition coefficient (Wildman–Crippen LogP) is 2.38. The van der Waals surface area contributed by atoms with E-state index >= 15 is 0 Å². The second-order valence-electron chi connectivity index (χ2n) is 3.87. The van der Waals surface area contributed by atoms with Gasteiger partial charge >= 0.3 is 0 Å². The van der Waals surface area contributed by atoms with Crippen LogP contribution in [0.3, 0.4) is 0 Å². The Hall–Kier alpha value is -0.830. The fraction of sp³-hybridized carbons (Fsp3) is 0.700. The van der Waals surface area contributed by atoms with Crippen molar-refractivity contribution < 1.29 is 4.42 Å². The summed E-state index contributed by atoms with van der Waals surface area (Å²) in [5.41, 5.74) is 6.57. The Balaban J connectivity index is 3.04. The summed E-state index contributed by atoms with van der Waals surface area (Å²) in [5, 5.41) is 0. The first-order chi connectivity index (χ1) is 6.06. The van der Waals surface area contributed by atoms with Gasteiger partial charge in [-0.15, -0.1) is 0 Å². The molecule has 74 valence electrons.